The Morgan fingerprint density at radius 2 is 1.73 bits per heavy atom. The van der Waals surface area contributed by atoms with Crippen molar-refractivity contribution >= 4 is 21.6 Å². The number of nitrogen functional groups attached to an aromatic ring is 1. The van der Waals surface area contributed by atoms with E-state index in [2.05, 4.69) is 15.9 Å². The van der Waals surface area contributed by atoms with Gasteiger partial charge in [0.2, 0.25) is 0 Å². The minimum absolute atomic E-state index is 0.481. The summed E-state index contributed by atoms with van der Waals surface area (Å²) < 4.78 is 60.9. The average Bonchev–Trinajstić information content (AvgIpc) is 1.99. The van der Waals surface area contributed by atoms with E-state index >= 15 is 0 Å². The van der Waals surface area contributed by atoms with Crippen LogP contribution in [0.3, 0.4) is 0 Å². The normalized spacial score (nSPS) is 12.2. The van der Waals surface area contributed by atoms with E-state index in [1.807, 2.05) is 0 Å². The van der Waals surface area contributed by atoms with Gasteiger partial charge < -0.3 is 5.73 Å². The zero-order valence-electron chi connectivity index (χ0n) is 7.08. The number of benzene rings is 1. The summed E-state index contributed by atoms with van der Waals surface area (Å²) in [4.78, 5) is 0. The highest BCUT2D eigenvalue weighted by molar-refractivity contribution is 9.10. The summed E-state index contributed by atoms with van der Waals surface area (Å²) in [6.45, 7) is 0. The van der Waals surface area contributed by atoms with Crippen LogP contribution in [0.1, 0.15) is 17.6 Å². The molecule has 0 unspecified atom stereocenters. The van der Waals surface area contributed by atoms with E-state index in [4.69, 9.17) is 5.73 Å². The van der Waals surface area contributed by atoms with Crippen molar-refractivity contribution in [2.45, 2.75) is 12.6 Å². The van der Waals surface area contributed by atoms with Crippen molar-refractivity contribution in [2.24, 2.45) is 0 Å². The minimum atomic E-state index is -4.66. The summed E-state index contributed by atoms with van der Waals surface area (Å²) in [7, 11) is 0. The highest BCUT2D eigenvalue weighted by atomic mass is 79.9. The highest BCUT2D eigenvalue weighted by Gasteiger charge is 2.36. The minimum Gasteiger partial charge on any atom is -0.398 e. The molecule has 2 N–H and O–H groups in total. The Kier molecular flexibility index (Phi) is 3.22. The Balaban J connectivity index is 3.34. The molecular formula is C8H5BrF5N. The number of rotatable bonds is 1. The van der Waals surface area contributed by atoms with Crippen LogP contribution in [0, 0.1) is 0 Å². The zero-order valence-corrected chi connectivity index (χ0v) is 8.66. The SMILES string of the molecule is Nc1cc(C(F)F)cc(Br)c1C(F)(F)F. The van der Waals surface area contributed by atoms with Crippen LogP contribution < -0.4 is 5.73 Å². The fourth-order valence-electron chi connectivity index (χ4n) is 1.07. The quantitative estimate of drug-likeness (QED) is 0.614. The summed E-state index contributed by atoms with van der Waals surface area (Å²) >= 11 is 2.57. The molecule has 0 radical (unpaired) electrons. The van der Waals surface area contributed by atoms with Crippen molar-refractivity contribution in [2.75, 3.05) is 5.73 Å². The van der Waals surface area contributed by atoms with Gasteiger partial charge >= 0.3 is 6.18 Å². The number of halogens is 6. The smallest absolute Gasteiger partial charge is 0.398 e. The maximum Gasteiger partial charge on any atom is 0.419 e. The predicted molar refractivity (Wildman–Crippen MR) is 48.5 cm³/mol. The van der Waals surface area contributed by atoms with Gasteiger partial charge in [-0.15, -0.1) is 0 Å². The third kappa shape index (κ3) is 2.58. The first-order chi connectivity index (χ1) is 6.73. The second-order valence-corrected chi connectivity index (χ2v) is 3.62. The molecule has 0 saturated heterocycles. The molecular weight excluding hydrogens is 285 g/mol. The molecule has 7 heteroatoms. The van der Waals surface area contributed by atoms with Gasteiger partial charge in [-0.1, -0.05) is 15.9 Å². The van der Waals surface area contributed by atoms with Gasteiger partial charge in [0.05, 0.1) is 5.56 Å². The molecule has 1 aromatic carbocycles. The topological polar surface area (TPSA) is 26.0 Å². The first-order valence-electron chi connectivity index (χ1n) is 3.67. The van der Waals surface area contributed by atoms with Gasteiger partial charge in [0.25, 0.3) is 6.43 Å². The monoisotopic (exact) mass is 289 g/mol. The Labute approximate surface area is 90.2 Å². The van der Waals surface area contributed by atoms with Crippen molar-refractivity contribution in [1.82, 2.24) is 0 Å². The van der Waals surface area contributed by atoms with E-state index in [1.54, 1.807) is 0 Å². The molecule has 1 aromatic rings. The van der Waals surface area contributed by atoms with Crippen molar-refractivity contribution in [3.05, 3.63) is 27.7 Å². The van der Waals surface area contributed by atoms with Crippen molar-refractivity contribution < 1.29 is 22.0 Å². The standard InChI is InChI=1S/C8H5BrF5N/c9-4-1-3(7(10)11)2-5(15)6(4)8(12,13)14/h1-2,7H,15H2. The Morgan fingerprint density at radius 3 is 2.07 bits per heavy atom. The van der Waals surface area contributed by atoms with Crippen LogP contribution in [0.5, 0.6) is 0 Å². The second-order valence-electron chi connectivity index (χ2n) is 2.77. The highest BCUT2D eigenvalue weighted by Crippen LogP contribution is 2.40. The Morgan fingerprint density at radius 1 is 1.20 bits per heavy atom. The van der Waals surface area contributed by atoms with Gasteiger partial charge in [-0.3, -0.25) is 0 Å². The zero-order chi connectivity index (χ0) is 11.8. The molecule has 0 saturated carbocycles. The van der Waals surface area contributed by atoms with Gasteiger partial charge in [0.15, 0.2) is 0 Å². The molecule has 0 aliphatic rings. The largest absolute Gasteiger partial charge is 0.419 e. The van der Waals surface area contributed by atoms with Crippen LogP contribution in [0.15, 0.2) is 16.6 Å². The molecule has 0 spiro atoms. The summed E-state index contributed by atoms with van der Waals surface area (Å²) in [6, 6.07) is 1.34. The lowest BCUT2D eigenvalue weighted by atomic mass is 10.1. The summed E-state index contributed by atoms with van der Waals surface area (Å²) in [6.07, 6.45) is -7.52. The summed E-state index contributed by atoms with van der Waals surface area (Å²) in [5.41, 5.74) is 2.67. The van der Waals surface area contributed by atoms with Gasteiger partial charge in [0, 0.05) is 15.7 Å². The average molecular weight is 290 g/mol. The second kappa shape index (κ2) is 3.96. The number of alkyl halides is 5. The van der Waals surface area contributed by atoms with E-state index in [0.29, 0.717) is 12.1 Å². The fraction of sp³-hybridized carbons (Fsp3) is 0.250. The molecule has 0 aromatic heterocycles. The number of hydrogen-bond acceptors (Lipinski definition) is 1. The number of nitrogens with two attached hydrogens (primary N) is 1. The summed E-state index contributed by atoms with van der Waals surface area (Å²) in [5, 5.41) is 0. The first-order valence-corrected chi connectivity index (χ1v) is 4.47. The summed E-state index contributed by atoms with van der Waals surface area (Å²) in [5.74, 6) is 0. The lowest BCUT2D eigenvalue weighted by Crippen LogP contribution is -2.10. The van der Waals surface area contributed by atoms with E-state index in [9.17, 15) is 22.0 Å². The molecule has 0 bridgehead atoms. The van der Waals surface area contributed by atoms with Gasteiger partial charge in [-0.2, -0.15) is 13.2 Å². The van der Waals surface area contributed by atoms with Crippen molar-refractivity contribution in [3.8, 4) is 0 Å². The number of anilines is 1. The molecule has 1 nitrogen and oxygen atoms in total. The predicted octanol–water partition coefficient (Wildman–Crippen LogP) is 3.99. The fourth-order valence-corrected chi connectivity index (χ4v) is 1.79. The van der Waals surface area contributed by atoms with E-state index < -0.39 is 33.9 Å². The maximum atomic E-state index is 12.3. The molecule has 0 aliphatic carbocycles. The van der Waals surface area contributed by atoms with Crippen LogP contribution in [0.4, 0.5) is 27.6 Å². The van der Waals surface area contributed by atoms with Crippen molar-refractivity contribution in [3.63, 3.8) is 0 Å². The van der Waals surface area contributed by atoms with E-state index in [1.165, 1.54) is 0 Å². The molecule has 84 valence electrons. The van der Waals surface area contributed by atoms with Crippen LogP contribution in [0.2, 0.25) is 0 Å². The van der Waals surface area contributed by atoms with Crippen LogP contribution >= 0.6 is 15.9 Å². The van der Waals surface area contributed by atoms with E-state index in [0.717, 1.165) is 0 Å². The first kappa shape index (κ1) is 12.2. The Hall–Kier alpha value is -0.850. The number of hydrogen-bond donors (Lipinski definition) is 1. The molecule has 0 atom stereocenters. The molecule has 15 heavy (non-hydrogen) atoms. The Bertz CT molecular complexity index is 351. The maximum absolute atomic E-state index is 12.3. The van der Waals surface area contributed by atoms with Gasteiger partial charge in [0.1, 0.15) is 0 Å². The van der Waals surface area contributed by atoms with Crippen LogP contribution in [-0.4, -0.2) is 0 Å². The molecule has 1 rings (SSSR count). The lowest BCUT2D eigenvalue weighted by molar-refractivity contribution is -0.137. The molecule has 0 fully saturated rings. The van der Waals surface area contributed by atoms with E-state index in [-0.39, 0.29) is 0 Å². The lowest BCUT2D eigenvalue weighted by Gasteiger charge is -2.13. The van der Waals surface area contributed by atoms with Gasteiger partial charge in [-0.05, 0) is 12.1 Å². The van der Waals surface area contributed by atoms with Gasteiger partial charge in [-0.25, -0.2) is 8.78 Å². The molecule has 0 aliphatic heterocycles. The van der Waals surface area contributed by atoms with Crippen molar-refractivity contribution in [1.29, 1.82) is 0 Å². The third-order valence-corrected chi connectivity index (χ3v) is 2.30. The molecule has 0 heterocycles. The third-order valence-electron chi connectivity index (χ3n) is 1.68. The van der Waals surface area contributed by atoms with Crippen LogP contribution in [-0.2, 0) is 6.18 Å². The molecule has 0 amide bonds. The van der Waals surface area contributed by atoms with Crippen LogP contribution in [0.25, 0.3) is 0 Å².